The molecule has 2 aliphatic heterocycles. The van der Waals surface area contributed by atoms with Crippen molar-refractivity contribution in [1.82, 2.24) is 4.90 Å². The summed E-state index contributed by atoms with van der Waals surface area (Å²) in [6, 6.07) is 23.5. The maximum absolute atomic E-state index is 13.1. The Morgan fingerprint density at radius 3 is 2.26 bits per heavy atom. The van der Waals surface area contributed by atoms with Gasteiger partial charge in [-0.1, -0.05) is 48.0 Å². The lowest BCUT2D eigenvalue weighted by molar-refractivity contribution is 0.0747. The Balaban J connectivity index is 1.26. The highest BCUT2D eigenvalue weighted by atomic mass is 16.6. The first-order valence-corrected chi connectivity index (χ1v) is 11.7. The smallest absolute Gasteiger partial charge is 0.415 e. The van der Waals surface area contributed by atoms with Crippen molar-refractivity contribution in [2.75, 3.05) is 42.6 Å². The summed E-state index contributed by atoms with van der Waals surface area (Å²) in [6.45, 7) is 7.55. The molecule has 0 N–H and O–H groups in total. The number of hydrogen-bond donors (Lipinski definition) is 0. The Labute approximate surface area is 200 Å². The van der Waals surface area contributed by atoms with E-state index in [-0.39, 0.29) is 18.0 Å². The first-order chi connectivity index (χ1) is 16.5. The number of cyclic esters (lactones) is 1. The van der Waals surface area contributed by atoms with Crippen LogP contribution in [0.1, 0.15) is 33.1 Å². The lowest BCUT2D eigenvalue weighted by Gasteiger charge is -2.37. The fraction of sp³-hybridized carbons (Fsp3) is 0.286. The van der Waals surface area contributed by atoms with Gasteiger partial charge in [0.2, 0.25) is 0 Å². The number of rotatable bonds is 4. The largest absolute Gasteiger partial charge is 0.447 e. The summed E-state index contributed by atoms with van der Waals surface area (Å²) in [5.74, 6) is 0.0236. The number of carbonyl (C=O) groups excluding carboxylic acids is 2. The van der Waals surface area contributed by atoms with Crippen LogP contribution in [0.3, 0.4) is 0 Å². The molecule has 6 nitrogen and oxygen atoms in total. The number of nitrogens with zero attached hydrogens (tertiary/aromatic N) is 3. The average Bonchev–Trinajstić information content (AvgIpc) is 3.26. The monoisotopic (exact) mass is 455 g/mol. The van der Waals surface area contributed by atoms with Crippen molar-refractivity contribution in [3.8, 4) is 0 Å². The van der Waals surface area contributed by atoms with Crippen LogP contribution in [0.15, 0.2) is 72.8 Å². The van der Waals surface area contributed by atoms with Gasteiger partial charge in [0.1, 0.15) is 6.61 Å². The summed E-state index contributed by atoms with van der Waals surface area (Å²) in [7, 11) is 0. The Hall–Kier alpha value is -3.80. The van der Waals surface area contributed by atoms with Gasteiger partial charge in [-0.05, 0) is 55.3 Å². The van der Waals surface area contributed by atoms with Crippen molar-refractivity contribution in [3.63, 3.8) is 0 Å². The number of ether oxygens (including phenoxy) is 1. The molecule has 2 heterocycles. The molecule has 6 heteroatoms. The van der Waals surface area contributed by atoms with Crippen LogP contribution in [0, 0.1) is 13.8 Å². The Morgan fingerprint density at radius 1 is 0.882 bits per heavy atom. The zero-order valence-corrected chi connectivity index (χ0v) is 19.6. The molecule has 0 spiro atoms. The van der Waals surface area contributed by atoms with Crippen molar-refractivity contribution in [1.29, 1.82) is 0 Å². The topological polar surface area (TPSA) is 53.1 Å². The molecule has 3 aromatic carbocycles. The van der Waals surface area contributed by atoms with Gasteiger partial charge in [0.25, 0.3) is 5.91 Å². The Bertz CT molecular complexity index is 1190. The molecule has 0 radical (unpaired) electrons. The Kier molecular flexibility index (Phi) is 5.97. The summed E-state index contributed by atoms with van der Waals surface area (Å²) in [5, 5.41) is 0. The molecule has 2 saturated heterocycles. The third-order valence-corrected chi connectivity index (χ3v) is 6.71. The minimum absolute atomic E-state index is 0.0236. The van der Waals surface area contributed by atoms with E-state index in [1.807, 2.05) is 59.5 Å². The number of carbonyl (C=O) groups is 2. The molecule has 3 aromatic rings. The lowest BCUT2D eigenvalue weighted by atomic mass is 10.1. The maximum Gasteiger partial charge on any atom is 0.415 e. The van der Waals surface area contributed by atoms with Gasteiger partial charge in [-0.25, -0.2) is 4.79 Å². The first kappa shape index (κ1) is 22.0. The van der Waals surface area contributed by atoms with Crippen LogP contribution in [0.25, 0.3) is 0 Å². The van der Waals surface area contributed by atoms with Gasteiger partial charge in [0.15, 0.2) is 0 Å². The van der Waals surface area contributed by atoms with Crippen molar-refractivity contribution in [2.24, 2.45) is 0 Å². The van der Waals surface area contributed by atoms with Gasteiger partial charge in [0, 0.05) is 43.1 Å². The highest BCUT2D eigenvalue weighted by molar-refractivity contribution is 5.96. The van der Waals surface area contributed by atoms with Gasteiger partial charge in [-0.3, -0.25) is 9.69 Å². The van der Waals surface area contributed by atoms with Crippen LogP contribution in [0.2, 0.25) is 0 Å². The molecule has 5 rings (SSSR count). The van der Waals surface area contributed by atoms with Crippen LogP contribution < -0.4 is 9.80 Å². The van der Waals surface area contributed by atoms with E-state index in [4.69, 9.17) is 4.74 Å². The molecular weight excluding hydrogens is 426 g/mol. The van der Waals surface area contributed by atoms with Crippen molar-refractivity contribution in [3.05, 3.63) is 95.1 Å². The van der Waals surface area contributed by atoms with E-state index in [0.29, 0.717) is 25.3 Å². The normalized spacial score (nSPS) is 18.2. The highest BCUT2D eigenvalue weighted by Gasteiger charge is 2.35. The van der Waals surface area contributed by atoms with E-state index >= 15 is 0 Å². The average molecular weight is 456 g/mol. The van der Waals surface area contributed by atoms with E-state index in [9.17, 15) is 9.59 Å². The molecule has 0 bridgehead atoms. The highest BCUT2D eigenvalue weighted by Crippen LogP contribution is 2.33. The molecule has 2 fully saturated rings. The molecule has 0 saturated carbocycles. The standard InChI is InChI=1S/C28H29N3O3/c1-20-8-13-25(21(2)18-20)29-14-16-30(17-15-29)27(32)23-9-11-24(12-10-23)31-26(19-34-28(31)33)22-6-4-3-5-7-22/h3-13,18,26H,14-17,19H2,1-2H3/t26-/m0/s1. The number of aryl methyl sites for hydroxylation is 2. The molecule has 0 aliphatic carbocycles. The van der Waals surface area contributed by atoms with Crippen LogP contribution in [-0.4, -0.2) is 49.7 Å². The second-order valence-corrected chi connectivity index (χ2v) is 8.99. The summed E-state index contributed by atoms with van der Waals surface area (Å²) in [4.78, 5) is 31.5. The molecule has 0 aromatic heterocycles. The van der Waals surface area contributed by atoms with E-state index in [1.54, 1.807) is 4.90 Å². The molecule has 1 atom stereocenters. The number of piperazine rings is 1. The van der Waals surface area contributed by atoms with Gasteiger partial charge in [0.05, 0.1) is 6.04 Å². The predicted octanol–water partition coefficient (Wildman–Crippen LogP) is 4.96. The third-order valence-electron chi connectivity index (χ3n) is 6.71. The number of amides is 2. The van der Waals surface area contributed by atoms with E-state index < -0.39 is 0 Å². The molecule has 34 heavy (non-hydrogen) atoms. The first-order valence-electron chi connectivity index (χ1n) is 11.7. The van der Waals surface area contributed by atoms with E-state index in [0.717, 1.165) is 24.3 Å². The van der Waals surface area contributed by atoms with Crippen molar-refractivity contribution >= 4 is 23.4 Å². The van der Waals surface area contributed by atoms with Crippen LogP contribution >= 0.6 is 0 Å². The van der Waals surface area contributed by atoms with E-state index in [1.165, 1.54) is 16.8 Å². The molecule has 2 aliphatic rings. The van der Waals surface area contributed by atoms with Gasteiger partial charge in [-0.15, -0.1) is 0 Å². The summed E-state index contributed by atoms with van der Waals surface area (Å²) < 4.78 is 5.33. The fourth-order valence-electron chi connectivity index (χ4n) is 4.89. The van der Waals surface area contributed by atoms with Gasteiger partial charge < -0.3 is 14.5 Å². The second kappa shape index (κ2) is 9.21. The summed E-state index contributed by atoms with van der Waals surface area (Å²) in [5.41, 5.74) is 6.16. The predicted molar refractivity (Wildman–Crippen MR) is 133 cm³/mol. The van der Waals surface area contributed by atoms with Crippen LogP contribution in [-0.2, 0) is 4.74 Å². The van der Waals surface area contributed by atoms with Crippen LogP contribution in [0.5, 0.6) is 0 Å². The molecule has 174 valence electrons. The minimum atomic E-state index is -0.365. The third kappa shape index (κ3) is 4.23. The lowest BCUT2D eigenvalue weighted by Crippen LogP contribution is -2.49. The zero-order valence-electron chi connectivity index (χ0n) is 19.6. The maximum atomic E-state index is 13.1. The van der Waals surface area contributed by atoms with Crippen molar-refractivity contribution < 1.29 is 14.3 Å². The fourth-order valence-corrected chi connectivity index (χ4v) is 4.89. The zero-order chi connectivity index (χ0) is 23.7. The van der Waals surface area contributed by atoms with Gasteiger partial charge in [-0.2, -0.15) is 0 Å². The SMILES string of the molecule is Cc1ccc(N2CCN(C(=O)c3ccc(N4C(=O)OC[C@H]4c4ccccc4)cc3)CC2)c(C)c1. The number of hydrogen-bond acceptors (Lipinski definition) is 4. The van der Waals surface area contributed by atoms with Crippen molar-refractivity contribution in [2.45, 2.75) is 19.9 Å². The number of anilines is 2. The van der Waals surface area contributed by atoms with Crippen LogP contribution in [0.4, 0.5) is 16.2 Å². The molecule has 2 amide bonds. The van der Waals surface area contributed by atoms with E-state index in [2.05, 4.69) is 36.9 Å². The number of benzene rings is 3. The minimum Gasteiger partial charge on any atom is -0.447 e. The molecule has 0 unspecified atom stereocenters. The van der Waals surface area contributed by atoms with Gasteiger partial charge >= 0.3 is 6.09 Å². The quantitative estimate of drug-likeness (QED) is 0.558. The Morgan fingerprint density at radius 2 is 1.59 bits per heavy atom. The summed E-state index contributed by atoms with van der Waals surface area (Å²) >= 11 is 0. The molecular formula is C28H29N3O3. The summed E-state index contributed by atoms with van der Waals surface area (Å²) in [6.07, 6.45) is -0.365. The second-order valence-electron chi connectivity index (χ2n) is 8.99.